The van der Waals surface area contributed by atoms with Crippen molar-refractivity contribution in [2.24, 2.45) is 0 Å². The summed E-state index contributed by atoms with van der Waals surface area (Å²) in [6, 6.07) is 18.9. The van der Waals surface area contributed by atoms with Crippen molar-refractivity contribution in [1.29, 1.82) is 0 Å². The van der Waals surface area contributed by atoms with Crippen LogP contribution in [0.3, 0.4) is 0 Å². The largest absolute Gasteiger partial charge is 0.351 e. The Bertz CT molecular complexity index is 1420. The molecule has 170 valence electrons. The molecule has 1 aliphatic heterocycles. The Kier molecular flexibility index (Phi) is 5.85. The van der Waals surface area contributed by atoms with E-state index < -0.39 is 11.9 Å². The summed E-state index contributed by atoms with van der Waals surface area (Å²) in [6.07, 6.45) is 0. The zero-order chi connectivity index (χ0) is 23.8. The van der Waals surface area contributed by atoms with Crippen molar-refractivity contribution >= 4 is 40.2 Å². The van der Waals surface area contributed by atoms with E-state index in [9.17, 15) is 8.78 Å². The number of hydrogen-bond acceptors (Lipinski definition) is 4. The van der Waals surface area contributed by atoms with Gasteiger partial charge in [-0.15, -0.1) is 0 Å². The summed E-state index contributed by atoms with van der Waals surface area (Å²) in [7, 11) is 0. The summed E-state index contributed by atoms with van der Waals surface area (Å²) in [5.74, 6) is -0.261. The molecule has 2 heterocycles. The van der Waals surface area contributed by atoms with Gasteiger partial charge in [0.2, 0.25) is 5.82 Å². The molecule has 0 amide bonds. The molecule has 1 unspecified atom stereocenters. The van der Waals surface area contributed by atoms with Gasteiger partial charge in [-0.25, -0.2) is 8.78 Å². The van der Waals surface area contributed by atoms with E-state index in [-0.39, 0.29) is 17.5 Å². The highest BCUT2D eigenvalue weighted by atomic mass is 35.5. The maximum Gasteiger partial charge on any atom is 0.258 e. The first kappa shape index (κ1) is 22.2. The lowest BCUT2D eigenvalue weighted by atomic mass is 9.94. The average molecular weight is 495 g/mol. The van der Waals surface area contributed by atoms with E-state index >= 15 is 0 Å². The van der Waals surface area contributed by atoms with Gasteiger partial charge >= 0.3 is 0 Å². The van der Waals surface area contributed by atoms with Gasteiger partial charge in [-0.3, -0.25) is 4.90 Å². The molecule has 3 aromatic carbocycles. The summed E-state index contributed by atoms with van der Waals surface area (Å²) in [5.41, 5.74) is 3.38. The number of benzene rings is 3. The maximum absolute atomic E-state index is 13.7. The molecular formula is C25H17ClF2N4OS. The van der Waals surface area contributed by atoms with Gasteiger partial charge in [-0.2, -0.15) is 4.98 Å². The molecule has 9 heteroatoms. The first-order valence-electron chi connectivity index (χ1n) is 10.3. The summed E-state index contributed by atoms with van der Waals surface area (Å²) < 4.78 is 32.9. The van der Waals surface area contributed by atoms with Gasteiger partial charge in [0.1, 0.15) is 11.6 Å². The minimum atomic E-state index is -0.441. The Morgan fingerprint density at radius 2 is 1.76 bits per heavy atom. The molecule has 5 nitrogen and oxygen atoms in total. The van der Waals surface area contributed by atoms with Gasteiger partial charge in [0.25, 0.3) is 5.89 Å². The van der Waals surface area contributed by atoms with Crippen LogP contribution in [-0.2, 0) is 0 Å². The number of allylic oxidation sites excluding steroid dienone is 1. The van der Waals surface area contributed by atoms with Crippen LogP contribution in [0.15, 0.2) is 83.0 Å². The molecule has 0 fully saturated rings. The lowest BCUT2D eigenvalue weighted by Crippen LogP contribution is -2.46. The van der Waals surface area contributed by atoms with Crippen LogP contribution < -0.4 is 10.2 Å². The van der Waals surface area contributed by atoms with E-state index in [0.717, 1.165) is 11.3 Å². The molecule has 5 rings (SSSR count). The number of thiocarbonyl (C=S) groups is 1. The normalized spacial score (nSPS) is 16.1. The molecule has 1 aromatic heterocycles. The van der Waals surface area contributed by atoms with Crippen LogP contribution in [0.2, 0.25) is 5.02 Å². The molecule has 0 saturated heterocycles. The van der Waals surface area contributed by atoms with E-state index in [1.54, 1.807) is 35.2 Å². The van der Waals surface area contributed by atoms with Gasteiger partial charge in [0, 0.05) is 22.0 Å². The molecule has 0 saturated carbocycles. The smallest absolute Gasteiger partial charge is 0.258 e. The Balaban J connectivity index is 1.66. The molecule has 0 radical (unpaired) electrons. The number of halogens is 3. The van der Waals surface area contributed by atoms with Gasteiger partial charge < -0.3 is 9.84 Å². The Morgan fingerprint density at radius 1 is 1.00 bits per heavy atom. The molecular weight excluding hydrogens is 478 g/mol. The van der Waals surface area contributed by atoms with Crippen molar-refractivity contribution in [3.8, 4) is 11.4 Å². The standard InChI is InChI=1S/C25H17ClF2N4OS/c1-14-21(24-30-23(31-33-24)16-5-3-7-19(28)13-16)22(15-4-2-6-17(26)12-15)29-25(34)32(14)20-10-8-18(27)9-11-20/h2-13,22H,1H3,(H,29,34). The second-order valence-corrected chi connectivity index (χ2v) is 8.51. The summed E-state index contributed by atoms with van der Waals surface area (Å²) in [4.78, 5) is 6.33. The summed E-state index contributed by atoms with van der Waals surface area (Å²) in [6.45, 7) is 1.87. The highest BCUT2D eigenvalue weighted by Gasteiger charge is 2.35. The highest BCUT2D eigenvalue weighted by molar-refractivity contribution is 7.80. The first-order valence-corrected chi connectivity index (χ1v) is 11.1. The van der Waals surface area contributed by atoms with Crippen LogP contribution in [0.25, 0.3) is 17.0 Å². The highest BCUT2D eigenvalue weighted by Crippen LogP contribution is 2.39. The Hall–Kier alpha value is -3.62. The molecule has 34 heavy (non-hydrogen) atoms. The molecule has 1 aliphatic rings. The van der Waals surface area contributed by atoms with Crippen molar-refractivity contribution in [1.82, 2.24) is 15.5 Å². The molecule has 1 atom stereocenters. The number of anilines is 1. The molecule has 1 N–H and O–H groups in total. The van der Waals surface area contributed by atoms with Crippen LogP contribution >= 0.6 is 23.8 Å². The molecule has 0 spiro atoms. The number of nitrogens with zero attached hydrogens (tertiary/aromatic N) is 3. The van der Waals surface area contributed by atoms with E-state index in [1.165, 1.54) is 24.3 Å². The number of aromatic nitrogens is 2. The topological polar surface area (TPSA) is 54.2 Å². The minimum Gasteiger partial charge on any atom is -0.351 e. The number of rotatable bonds is 4. The van der Waals surface area contributed by atoms with E-state index in [4.69, 9.17) is 28.3 Å². The van der Waals surface area contributed by atoms with Gasteiger partial charge in [0.05, 0.1) is 11.6 Å². The van der Waals surface area contributed by atoms with Crippen molar-refractivity contribution in [3.63, 3.8) is 0 Å². The zero-order valence-corrected chi connectivity index (χ0v) is 19.4. The van der Waals surface area contributed by atoms with Gasteiger partial charge in [-0.1, -0.05) is 41.0 Å². The zero-order valence-electron chi connectivity index (χ0n) is 17.8. The SMILES string of the molecule is CC1=C(c2nc(-c3cccc(F)c3)no2)C(c2cccc(Cl)c2)NC(=S)N1c1ccc(F)cc1. The van der Waals surface area contributed by atoms with E-state index in [1.807, 2.05) is 25.1 Å². The minimum absolute atomic E-state index is 0.240. The number of nitrogens with one attached hydrogen (secondary N) is 1. The second-order valence-electron chi connectivity index (χ2n) is 7.68. The second kappa shape index (κ2) is 8.96. The molecule has 0 aliphatic carbocycles. The predicted molar refractivity (Wildman–Crippen MR) is 131 cm³/mol. The third-order valence-corrected chi connectivity index (χ3v) is 6.03. The quantitative estimate of drug-likeness (QED) is 0.325. The first-order chi connectivity index (χ1) is 16.4. The predicted octanol–water partition coefficient (Wildman–Crippen LogP) is 6.54. The summed E-state index contributed by atoms with van der Waals surface area (Å²) >= 11 is 11.9. The molecule has 4 aromatic rings. The van der Waals surface area contributed by atoms with Crippen molar-refractivity contribution in [2.45, 2.75) is 13.0 Å². The Labute approximate surface area is 204 Å². The van der Waals surface area contributed by atoms with Gasteiger partial charge in [0.15, 0.2) is 5.11 Å². The van der Waals surface area contributed by atoms with Crippen molar-refractivity contribution < 1.29 is 13.3 Å². The average Bonchev–Trinajstić information content (AvgIpc) is 3.30. The fourth-order valence-corrected chi connectivity index (χ4v) is 4.49. The lowest BCUT2D eigenvalue weighted by molar-refractivity contribution is 0.404. The fourth-order valence-electron chi connectivity index (χ4n) is 3.93. The third-order valence-electron chi connectivity index (χ3n) is 5.49. The monoisotopic (exact) mass is 494 g/mol. The Morgan fingerprint density at radius 3 is 2.50 bits per heavy atom. The maximum atomic E-state index is 13.7. The van der Waals surface area contributed by atoms with Crippen molar-refractivity contribution in [3.05, 3.63) is 107 Å². The van der Waals surface area contributed by atoms with Gasteiger partial charge in [-0.05, 0) is 73.2 Å². The van der Waals surface area contributed by atoms with Crippen LogP contribution in [0.5, 0.6) is 0 Å². The lowest BCUT2D eigenvalue weighted by Gasteiger charge is -2.37. The van der Waals surface area contributed by atoms with Crippen LogP contribution in [0.4, 0.5) is 14.5 Å². The van der Waals surface area contributed by atoms with Crippen LogP contribution in [0.1, 0.15) is 24.4 Å². The molecule has 0 bridgehead atoms. The fraction of sp³-hybridized carbons (Fsp3) is 0.0800. The van der Waals surface area contributed by atoms with Crippen LogP contribution in [0, 0.1) is 11.6 Å². The van der Waals surface area contributed by atoms with Crippen LogP contribution in [-0.4, -0.2) is 15.3 Å². The number of hydrogen-bond donors (Lipinski definition) is 1. The third kappa shape index (κ3) is 4.18. The van der Waals surface area contributed by atoms with E-state index in [0.29, 0.717) is 27.0 Å². The summed E-state index contributed by atoms with van der Waals surface area (Å²) in [5, 5.41) is 8.37. The van der Waals surface area contributed by atoms with Crippen molar-refractivity contribution in [2.75, 3.05) is 4.90 Å². The van der Waals surface area contributed by atoms with E-state index in [2.05, 4.69) is 15.5 Å².